The van der Waals surface area contributed by atoms with Crippen molar-refractivity contribution in [1.82, 2.24) is 5.32 Å². The van der Waals surface area contributed by atoms with Crippen LogP contribution in [0, 0.1) is 0 Å². The smallest absolute Gasteiger partial charge is 0.257 e. The lowest BCUT2D eigenvalue weighted by Gasteiger charge is -2.38. The fourth-order valence-electron chi connectivity index (χ4n) is 4.62. The first-order valence-corrected chi connectivity index (χ1v) is 11.7. The van der Waals surface area contributed by atoms with E-state index in [1.54, 1.807) is 0 Å². The molecule has 0 radical (unpaired) electrons. The summed E-state index contributed by atoms with van der Waals surface area (Å²) in [6.07, 6.45) is 2.41. The molecule has 5 rings (SSSR count). The van der Waals surface area contributed by atoms with Gasteiger partial charge in [-0.15, -0.1) is 0 Å². The van der Waals surface area contributed by atoms with Crippen LogP contribution < -0.4 is 19.5 Å². The third-order valence-electron chi connectivity index (χ3n) is 6.63. The molecule has 2 aliphatic rings. The van der Waals surface area contributed by atoms with Gasteiger partial charge in [0.15, 0.2) is 18.1 Å². The average molecular weight is 460 g/mol. The number of benzene rings is 3. The number of carbonyl (C=O) groups excluding carboxylic acids is 1. The van der Waals surface area contributed by atoms with E-state index in [1.807, 2.05) is 54.6 Å². The average Bonchev–Trinajstić information content (AvgIpc) is 3.36. The largest absolute Gasteiger partial charge is 0.483 e. The molecule has 1 N–H and O–H groups in total. The minimum atomic E-state index is -0.208. The number of hydrogen-bond acceptors (Lipinski definition) is 5. The number of para-hydroxylation sites is 1. The van der Waals surface area contributed by atoms with Crippen LogP contribution in [-0.4, -0.2) is 39.1 Å². The van der Waals surface area contributed by atoms with Crippen molar-refractivity contribution < 1.29 is 23.7 Å². The fraction of sp³-hybridized carbons (Fsp3) is 0.321. The number of nitrogens with one attached hydrogen (secondary N) is 1. The van der Waals surface area contributed by atoms with Gasteiger partial charge in [-0.2, -0.15) is 0 Å². The van der Waals surface area contributed by atoms with Gasteiger partial charge in [0.1, 0.15) is 5.75 Å². The zero-order valence-electron chi connectivity index (χ0n) is 19.1. The summed E-state index contributed by atoms with van der Waals surface area (Å²) in [6.45, 7) is 2.06. The van der Waals surface area contributed by atoms with E-state index >= 15 is 0 Å². The Bertz CT molecular complexity index is 1120. The molecule has 34 heavy (non-hydrogen) atoms. The molecule has 0 atom stereocenters. The Balaban J connectivity index is 1.22. The summed E-state index contributed by atoms with van der Waals surface area (Å²) >= 11 is 0. The number of fused-ring (bicyclic) bond motifs is 1. The highest BCUT2D eigenvalue weighted by Crippen LogP contribution is 2.40. The SMILES string of the molecule is O=C(COc1ccccc1Cc1ccccc1)NCC1(c2ccc3c(c2)OCO3)CCOCC1. The van der Waals surface area contributed by atoms with Crippen LogP contribution in [0.5, 0.6) is 17.2 Å². The lowest BCUT2D eigenvalue weighted by Crippen LogP contribution is -2.45. The quantitative estimate of drug-likeness (QED) is 0.546. The second kappa shape index (κ2) is 10.2. The molecule has 1 amide bonds. The van der Waals surface area contributed by atoms with E-state index in [1.165, 1.54) is 5.56 Å². The van der Waals surface area contributed by atoms with E-state index in [0.29, 0.717) is 19.8 Å². The number of carbonyl (C=O) groups is 1. The second-order valence-corrected chi connectivity index (χ2v) is 8.80. The number of ether oxygens (including phenoxy) is 4. The van der Waals surface area contributed by atoms with Crippen molar-refractivity contribution in [3.05, 3.63) is 89.5 Å². The molecule has 3 aromatic carbocycles. The summed E-state index contributed by atoms with van der Waals surface area (Å²) in [5.74, 6) is 2.12. The molecule has 2 aliphatic heterocycles. The van der Waals surface area contributed by atoms with Gasteiger partial charge in [-0.25, -0.2) is 0 Å². The summed E-state index contributed by atoms with van der Waals surface area (Å²) in [6, 6.07) is 24.2. The van der Waals surface area contributed by atoms with Crippen molar-refractivity contribution >= 4 is 5.91 Å². The third kappa shape index (κ3) is 5.02. The first kappa shape index (κ1) is 22.3. The lowest BCUT2D eigenvalue weighted by atomic mass is 9.74. The van der Waals surface area contributed by atoms with Gasteiger partial charge < -0.3 is 24.3 Å². The molecule has 0 spiro atoms. The van der Waals surface area contributed by atoms with Crippen molar-refractivity contribution in [2.75, 3.05) is 33.2 Å². The van der Waals surface area contributed by atoms with Gasteiger partial charge in [0, 0.05) is 31.6 Å². The number of amides is 1. The maximum Gasteiger partial charge on any atom is 0.257 e. The first-order chi connectivity index (χ1) is 16.7. The predicted molar refractivity (Wildman–Crippen MR) is 128 cm³/mol. The van der Waals surface area contributed by atoms with E-state index in [9.17, 15) is 4.79 Å². The van der Waals surface area contributed by atoms with Gasteiger partial charge in [0.05, 0.1) is 0 Å². The van der Waals surface area contributed by atoms with Crippen LogP contribution in [0.2, 0.25) is 0 Å². The number of hydrogen-bond donors (Lipinski definition) is 1. The monoisotopic (exact) mass is 459 g/mol. The molecule has 0 aromatic heterocycles. The Hall–Kier alpha value is -3.51. The highest BCUT2D eigenvalue weighted by molar-refractivity contribution is 5.77. The van der Waals surface area contributed by atoms with Crippen molar-refractivity contribution in [3.8, 4) is 17.2 Å². The van der Waals surface area contributed by atoms with Crippen LogP contribution in [-0.2, 0) is 21.4 Å². The Kier molecular flexibility index (Phi) is 6.67. The summed E-state index contributed by atoms with van der Waals surface area (Å²) < 4.78 is 22.6. The molecular weight excluding hydrogens is 430 g/mol. The van der Waals surface area contributed by atoms with Gasteiger partial charge >= 0.3 is 0 Å². The molecule has 0 aliphatic carbocycles. The highest BCUT2D eigenvalue weighted by atomic mass is 16.7. The van der Waals surface area contributed by atoms with E-state index in [0.717, 1.165) is 47.6 Å². The second-order valence-electron chi connectivity index (χ2n) is 8.80. The Morgan fingerprint density at radius 1 is 0.912 bits per heavy atom. The first-order valence-electron chi connectivity index (χ1n) is 11.7. The van der Waals surface area contributed by atoms with Gasteiger partial charge in [-0.3, -0.25) is 4.79 Å². The van der Waals surface area contributed by atoms with E-state index in [-0.39, 0.29) is 24.7 Å². The molecule has 1 saturated heterocycles. The topological polar surface area (TPSA) is 66.0 Å². The zero-order valence-corrected chi connectivity index (χ0v) is 19.1. The fourth-order valence-corrected chi connectivity index (χ4v) is 4.62. The Labute approximate surface area is 199 Å². The maximum absolute atomic E-state index is 12.8. The van der Waals surface area contributed by atoms with Crippen molar-refractivity contribution in [2.24, 2.45) is 0 Å². The molecule has 1 fully saturated rings. The summed E-state index contributed by atoms with van der Waals surface area (Å²) in [5, 5.41) is 3.11. The summed E-state index contributed by atoms with van der Waals surface area (Å²) in [4.78, 5) is 12.8. The van der Waals surface area contributed by atoms with Crippen LogP contribution in [0.1, 0.15) is 29.5 Å². The van der Waals surface area contributed by atoms with Gasteiger partial charge in [0.25, 0.3) is 5.91 Å². The van der Waals surface area contributed by atoms with Crippen LogP contribution in [0.25, 0.3) is 0 Å². The zero-order chi connectivity index (χ0) is 23.2. The third-order valence-corrected chi connectivity index (χ3v) is 6.63. The number of rotatable bonds is 8. The Morgan fingerprint density at radius 2 is 1.68 bits per heavy atom. The van der Waals surface area contributed by atoms with Crippen LogP contribution in [0.4, 0.5) is 0 Å². The van der Waals surface area contributed by atoms with E-state index < -0.39 is 0 Å². The van der Waals surface area contributed by atoms with Gasteiger partial charge in [0.2, 0.25) is 6.79 Å². The molecule has 6 heteroatoms. The summed E-state index contributed by atoms with van der Waals surface area (Å²) in [7, 11) is 0. The molecule has 6 nitrogen and oxygen atoms in total. The molecule has 176 valence electrons. The van der Waals surface area contributed by atoms with Crippen LogP contribution >= 0.6 is 0 Å². The minimum Gasteiger partial charge on any atom is -0.483 e. The standard InChI is InChI=1S/C28H29NO5/c30-27(18-32-24-9-5-4-8-22(24)16-21-6-2-1-3-7-21)29-19-28(12-14-31-15-13-28)23-10-11-25-26(17-23)34-20-33-25/h1-11,17H,12-16,18-20H2,(H,29,30). The highest BCUT2D eigenvalue weighted by Gasteiger charge is 2.36. The van der Waals surface area contributed by atoms with Crippen LogP contribution in [0.15, 0.2) is 72.8 Å². The van der Waals surface area contributed by atoms with E-state index in [4.69, 9.17) is 18.9 Å². The molecule has 0 bridgehead atoms. The predicted octanol–water partition coefficient (Wildman–Crippen LogP) is 4.25. The Morgan fingerprint density at radius 3 is 2.53 bits per heavy atom. The van der Waals surface area contributed by atoms with E-state index in [2.05, 4.69) is 23.5 Å². The van der Waals surface area contributed by atoms with Gasteiger partial charge in [-0.1, -0.05) is 54.6 Å². The van der Waals surface area contributed by atoms with Crippen molar-refractivity contribution in [1.29, 1.82) is 0 Å². The molecule has 0 saturated carbocycles. The molecule has 3 aromatic rings. The molecule has 2 heterocycles. The minimum absolute atomic E-state index is 0.0283. The molecular formula is C28H29NO5. The van der Waals surface area contributed by atoms with Crippen LogP contribution in [0.3, 0.4) is 0 Å². The van der Waals surface area contributed by atoms with Gasteiger partial charge in [-0.05, 0) is 47.7 Å². The summed E-state index contributed by atoms with van der Waals surface area (Å²) in [5.41, 5.74) is 3.19. The molecule has 0 unspecified atom stereocenters. The van der Waals surface area contributed by atoms with Crippen molar-refractivity contribution in [3.63, 3.8) is 0 Å². The van der Waals surface area contributed by atoms with Crippen molar-refractivity contribution in [2.45, 2.75) is 24.7 Å². The maximum atomic E-state index is 12.8. The lowest BCUT2D eigenvalue weighted by molar-refractivity contribution is -0.123. The normalized spacial score (nSPS) is 16.1.